The molecule has 20 heavy (non-hydrogen) atoms. The maximum atomic E-state index is 6.10. The van der Waals surface area contributed by atoms with E-state index in [0.29, 0.717) is 10.1 Å². The number of fused-ring (bicyclic) bond motifs is 1. The van der Waals surface area contributed by atoms with Crippen molar-refractivity contribution in [1.82, 2.24) is 0 Å². The fraction of sp³-hybridized carbons (Fsp3) is 0.188. The minimum Gasteiger partial charge on any atom is -0.332 e. The first kappa shape index (κ1) is 13.4. The van der Waals surface area contributed by atoms with Crippen molar-refractivity contribution in [3.05, 3.63) is 58.6 Å². The van der Waals surface area contributed by atoms with Crippen LogP contribution in [0.25, 0.3) is 0 Å². The highest BCUT2D eigenvalue weighted by Crippen LogP contribution is 2.25. The molecule has 0 heterocycles. The maximum Gasteiger partial charge on any atom is 0.175 e. The number of nitrogens with one attached hydrogen (secondary N) is 2. The van der Waals surface area contributed by atoms with Gasteiger partial charge >= 0.3 is 0 Å². The first-order chi connectivity index (χ1) is 9.72. The third-order valence-corrected chi connectivity index (χ3v) is 4.01. The smallest absolute Gasteiger partial charge is 0.175 e. The second kappa shape index (κ2) is 5.81. The zero-order valence-corrected chi connectivity index (χ0v) is 12.5. The third kappa shape index (κ3) is 2.94. The van der Waals surface area contributed by atoms with Gasteiger partial charge in [0.15, 0.2) is 5.11 Å². The summed E-state index contributed by atoms with van der Waals surface area (Å²) in [6.45, 7) is 0. The lowest BCUT2D eigenvalue weighted by molar-refractivity contribution is 0.912. The number of halogens is 1. The molecule has 0 amide bonds. The molecule has 1 aliphatic rings. The van der Waals surface area contributed by atoms with Gasteiger partial charge in [-0.2, -0.15) is 0 Å². The summed E-state index contributed by atoms with van der Waals surface area (Å²) in [7, 11) is 0. The van der Waals surface area contributed by atoms with Gasteiger partial charge in [-0.05, 0) is 66.9 Å². The van der Waals surface area contributed by atoms with Crippen LogP contribution in [-0.4, -0.2) is 5.11 Å². The Morgan fingerprint density at radius 2 is 1.80 bits per heavy atom. The van der Waals surface area contributed by atoms with Crippen molar-refractivity contribution in [1.29, 1.82) is 0 Å². The van der Waals surface area contributed by atoms with Crippen LogP contribution in [0.1, 0.15) is 17.5 Å². The van der Waals surface area contributed by atoms with Gasteiger partial charge in [-0.3, -0.25) is 0 Å². The van der Waals surface area contributed by atoms with Gasteiger partial charge < -0.3 is 10.6 Å². The van der Waals surface area contributed by atoms with E-state index in [4.69, 9.17) is 23.8 Å². The molecular weight excluding hydrogens is 288 g/mol. The first-order valence-electron chi connectivity index (χ1n) is 6.67. The van der Waals surface area contributed by atoms with Crippen molar-refractivity contribution in [3.63, 3.8) is 0 Å². The van der Waals surface area contributed by atoms with Crippen molar-refractivity contribution in [2.24, 2.45) is 0 Å². The molecule has 0 aromatic heterocycles. The summed E-state index contributed by atoms with van der Waals surface area (Å²) in [5, 5.41) is 7.53. The zero-order chi connectivity index (χ0) is 13.9. The highest BCUT2D eigenvalue weighted by atomic mass is 35.5. The predicted molar refractivity (Wildman–Crippen MR) is 89.8 cm³/mol. The summed E-state index contributed by atoms with van der Waals surface area (Å²) in [4.78, 5) is 0. The van der Waals surface area contributed by atoms with Crippen molar-refractivity contribution in [2.45, 2.75) is 19.3 Å². The predicted octanol–water partition coefficient (Wildman–Crippen LogP) is 4.64. The summed E-state index contributed by atoms with van der Waals surface area (Å²) in [5.74, 6) is 0. The van der Waals surface area contributed by atoms with Gasteiger partial charge in [0.05, 0.1) is 10.7 Å². The van der Waals surface area contributed by atoms with E-state index in [-0.39, 0.29) is 0 Å². The van der Waals surface area contributed by atoms with E-state index >= 15 is 0 Å². The number of thiocarbonyl (C=S) groups is 1. The average molecular weight is 303 g/mol. The molecule has 2 aromatic rings. The number of para-hydroxylation sites is 1. The third-order valence-electron chi connectivity index (χ3n) is 3.48. The zero-order valence-electron chi connectivity index (χ0n) is 10.9. The Labute approximate surface area is 129 Å². The molecule has 0 radical (unpaired) electrons. The maximum absolute atomic E-state index is 6.10. The number of anilines is 2. The summed E-state index contributed by atoms with van der Waals surface area (Å²) in [6, 6.07) is 14.0. The van der Waals surface area contributed by atoms with Crippen molar-refractivity contribution in [2.75, 3.05) is 10.6 Å². The van der Waals surface area contributed by atoms with Crippen molar-refractivity contribution < 1.29 is 0 Å². The number of hydrogen-bond donors (Lipinski definition) is 2. The standard InChI is InChI=1S/C16H15ClN2S/c17-14-6-1-2-7-15(14)19-16(20)18-13-9-8-11-4-3-5-12(11)10-13/h1-2,6-10H,3-5H2,(H2,18,19,20). The van der Waals surface area contributed by atoms with Crippen LogP contribution < -0.4 is 10.6 Å². The van der Waals surface area contributed by atoms with Gasteiger partial charge in [0.1, 0.15) is 0 Å². The molecule has 0 saturated carbocycles. The molecule has 4 heteroatoms. The van der Waals surface area contributed by atoms with Crippen LogP contribution in [0.15, 0.2) is 42.5 Å². The largest absolute Gasteiger partial charge is 0.332 e. The van der Waals surface area contributed by atoms with Crippen molar-refractivity contribution >= 4 is 40.3 Å². The van der Waals surface area contributed by atoms with Crippen LogP contribution in [0.2, 0.25) is 5.02 Å². The molecule has 0 aliphatic heterocycles. The van der Waals surface area contributed by atoms with Crippen LogP contribution >= 0.6 is 23.8 Å². The molecule has 1 aliphatic carbocycles. The summed E-state index contributed by atoms with van der Waals surface area (Å²) >= 11 is 11.4. The Balaban J connectivity index is 1.69. The molecule has 2 nitrogen and oxygen atoms in total. The van der Waals surface area contributed by atoms with Crippen LogP contribution in [0.4, 0.5) is 11.4 Å². The van der Waals surface area contributed by atoms with E-state index < -0.39 is 0 Å². The van der Waals surface area contributed by atoms with Gasteiger partial charge in [-0.1, -0.05) is 29.8 Å². The molecule has 3 rings (SSSR count). The molecule has 0 spiro atoms. The molecule has 0 bridgehead atoms. The molecule has 102 valence electrons. The minimum absolute atomic E-state index is 0.552. The average Bonchev–Trinajstić information content (AvgIpc) is 2.89. The van der Waals surface area contributed by atoms with Crippen LogP contribution in [0, 0.1) is 0 Å². The molecular formula is C16H15ClN2S. The van der Waals surface area contributed by atoms with Gasteiger partial charge in [-0.15, -0.1) is 0 Å². The van der Waals surface area contributed by atoms with Gasteiger partial charge in [0, 0.05) is 5.69 Å². The second-order valence-corrected chi connectivity index (χ2v) is 5.71. The van der Waals surface area contributed by atoms with Crippen molar-refractivity contribution in [3.8, 4) is 0 Å². The minimum atomic E-state index is 0.552. The van der Waals surface area contributed by atoms with Gasteiger partial charge in [0.25, 0.3) is 0 Å². The monoisotopic (exact) mass is 302 g/mol. The lowest BCUT2D eigenvalue weighted by Crippen LogP contribution is -2.19. The Morgan fingerprint density at radius 1 is 1.00 bits per heavy atom. The molecule has 0 saturated heterocycles. The number of aryl methyl sites for hydroxylation is 2. The van der Waals surface area contributed by atoms with Gasteiger partial charge in [-0.25, -0.2) is 0 Å². The molecule has 2 N–H and O–H groups in total. The highest BCUT2D eigenvalue weighted by Gasteiger charge is 2.11. The lowest BCUT2D eigenvalue weighted by Gasteiger charge is -2.12. The summed E-state index contributed by atoms with van der Waals surface area (Å²) < 4.78 is 0. The Kier molecular flexibility index (Phi) is 3.90. The number of hydrogen-bond acceptors (Lipinski definition) is 1. The van der Waals surface area contributed by atoms with Crippen LogP contribution in [-0.2, 0) is 12.8 Å². The van der Waals surface area contributed by atoms with E-state index in [9.17, 15) is 0 Å². The number of rotatable bonds is 2. The molecule has 0 fully saturated rings. The Hall–Kier alpha value is -1.58. The molecule has 0 atom stereocenters. The second-order valence-electron chi connectivity index (χ2n) is 4.90. The number of benzene rings is 2. The summed E-state index contributed by atoms with van der Waals surface area (Å²) in [6.07, 6.45) is 3.61. The Morgan fingerprint density at radius 3 is 2.65 bits per heavy atom. The van der Waals surface area contributed by atoms with Gasteiger partial charge in [0.2, 0.25) is 0 Å². The fourth-order valence-electron chi connectivity index (χ4n) is 2.50. The van der Waals surface area contributed by atoms with E-state index in [1.807, 2.05) is 24.3 Å². The highest BCUT2D eigenvalue weighted by molar-refractivity contribution is 7.80. The van der Waals surface area contributed by atoms with Crippen LogP contribution in [0.5, 0.6) is 0 Å². The lowest BCUT2D eigenvalue weighted by atomic mass is 10.1. The topological polar surface area (TPSA) is 24.1 Å². The fourth-order valence-corrected chi connectivity index (χ4v) is 2.91. The summed E-state index contributed by atoms with van der Waals surface area (Å²) in [5.41, 5.74) is 4.72. The van der Waals surface area contributed by atoms with E-state index in [0.717, 1.165) is 17.8 Å². The molecule has 0 unspecified atom stereocenters. The molecule has 2 aromatic carbocycles. The first-order valence-corrected chi connectivity index (χ1v) is 7.45. The normalized spacial score (nSPS) is 12.8. The van der Waals surface area contributed by atoms with E-state index in [1.165, 1.54) is 24.0 Å². The quantitative estimate of drug-likeness (QED) is 0.790. The van der Waals surface area contributed by atoms with E-state index in [2.05, 4.69) is 28.8 Å². The SMILES string of the molecule is S=C(Nc1ccc2c(c1)CCC2)Nc1ccccc1Cl. The van der Waals surface area contributed by atoms with Crippen LogP contribution in [0.3, 0.4) is 0 Å². The van der Waals surface area contributed by atoms with E-state index in [1.54, 1.807) is 0 Å². The Bertz CT molecular complexity index is 655.